The van der Waals surface area contributed by atoms with E-state index in [0.29, 0.717) is 22.1 Å². The molecule has 0 radical (unpaired) electrons. The largest absolute Gasteiger partial charge is 0.548 e. The average molecular weight is 461 g/mol. The van der Waals surface area contributed by atoms with Crippen LogP contribution < -0.4 is 21.4 Å². The molecule has 34 heavy (non-hydrogen) atoms. The summed E-state index contributed by atoms with van der Waals surface area (Å²) < 4.78 is 11.2. The third kappa shape index (κ3) is 4.68. The summed E-state index contributed by atoms with van der Waals surface area (Å²) in [4.78, 5) is 46.8. The number of aliphatic carboxylic acids is 1. The number of carboxylic acids is 1. The predicted octanol–water partition coefficient (Wildman–Crippen LogP) is 1.35. The third-order valence-corrected chi connectivity index (χ3v) is 5.56. The van der Waals surface area contributed by atoms with Gasteiger partial charge in [-0.25, -0.2) is 4.79 Å². The summed E-state index contributed by atoms with van der Waals surface area (Å²) >= 11 is 0. The molecule has 2 heterocycles. The SMILES string of the molecule is Cc1ccc(-c2coc3cc4oc(=O)c(CC(=O)NCC(=O)NCC(=O)[O-])c(C)c4cc23)cc1. The number of amides is 2. The second kappa shape index (κ2) is 9.22. The smallest absolute Gasteiger partial charge is 0.340 e. The highest BCUT2D eigenvalue weighted by atomic mass is 16.4. The zero-order valence-electron chi connectivity index (χ0n) is 18.5. The molecule has 0 bridgehead atoms. The van der Waals surface area contributed by atoms with Crippen LogP contribution >= 0.6 is 0 Å². The lowest BCUT2D eigenvalue weighted by Crippen LogP contribution is -2.43. The molecular weight excluding hydrogens is 440 g/mol. The van der Waals surface area contributed by atoms with E-state index in [4.69, 9.17) is 8.83 Å². The fraction of sp³-hybridized carbons (Fsp3) is 0.200. The molecule has 0 aliphatic carbocycles. The molecular formula is C25H21N2O7-. The molecule has 0 spiro atoms. The Labute approximate surface area is 193 Å². The zero-order chi connectivity index (χ0) is 24.4. The van der Waals surface area contributed by atoms with Gasteiger partial charge in [-0.2, -0.15) is 0 Å². The Morgan fingerprint density at radius 3 is 2.32 bits per heavy atom. The minimum Gasteiger partial charge on any atom is -0.548 e. The van der Waals surface area contributed by atoms with Crippen molar-refractivity contribution in [3.63, 3.8) is 0 Å². The van der Waals surface area contributed by atoms with Gasteiger partial charge >= 0.3 is 5.63 Å². The van der Waals surface area contributed by atoms with Crippen LogP contribution in [0.3, 0.4) is 0 Å². The summed E-state index contributed by atoms with van der Waals surface area (Å²) in [7, 11) is 0. The number of carboxylic acid groups (broad SMARTS) is 1. The van der Waals surface area contributed by atoms with Gasteiger partial charge in [0.15, 0.2) is 0 Å². The van der Waals surface area contributed by atoms with E-state index < -0.39 is 36.5 Å². The Bertz CT molecular complexity index is 1480. The molecule has 2 aromatic heterocycles. The van der Waals surface area contributed by atoms with Gasteiger partial charge in [0.05, 0.1) is 37.3 Å². The van der Waals surface area contributed by atoms with Crippen LogP contribution in [0.1, 0.15) is 16.7 Å². The van der Waals surface area contributed by atoms with Crippen molar-refractivity contribution >= 4 is 39.7 Å². The number of rotatable bonds is 7. The summed E-state index contributed by atoms with van der Waals surface area (Å²) in [6, 6.07) is 11.5. The van der Waals surface area contributed by atoms with Gasteiger partial charge in [-0.3, -0.25) is 9.59 Å². The van der Waals surface area contributed by atoms with Crippen molar-refractivity contribution in [1.29, 1.82) is 0 Å². The summed E-state index contributed by atoms with van der Waals surface area (Å²) in [6.07, 6.45) is 1.35. The van der Waals surface area contributed by atoms with Crippen LogP contribution in [0.2, 0.25) is 0 Å². The Morgan fingerprint density at radius 1 is 0.912 bits per heavy atom. The highest BCUT2D eigenvalue weighted by Crippen LogP contribution is 2.34. The lowest BCUT2D eigenvalue weighted by Gasteiger charge is -2.10. The molecule has 2 amide bonds. The fourth-order valence-electron chi connectivity index (χ4n) is 3.71. The Kier molecular flexibility index (Phi) is 6.18. The Balaban J connectivity index is 1.62. The zero-order valence-corrected chi connectivity index (χ0v) is 18.5. The second-order valence-corrected chi connectivity index (χ2v) is 7.96. The number of hydrogen-bond acceptors (Lipinski definition) is 7. The number of furan rings is 1. The van der Waals surface area contributed by atoms with Crippen molar-refractivity contribution in [2.24, 2.45) is 0 Å². The first-order valence-corrected chi connectivity index (χ1v) is 10.5. The molecule has 0 saturated carbocycles. The maximum absolute atomic E-state index is 12.6. The van der Waals surface area contributed by atoms with E-state index in [1.807, 2.05) is 37.3 Å². The summed E-state index contributed by atoms with van der Waals surface area (Å²) in [5.74, 6) is -2.71. The standard InChI is InChI=1S/C25H22N2O7/c1-13-3-5-15(6-4-13)19-12-33-20-9-21-16(7-18(19)20)14(2)17(25(32)34-21)8-22(28)26-10-23(29)27-11-24(30)31/h3-7,9,12H,8,10-11H2,1-2H3,(H,26,28)(H,27,29)(H,30,31)/p-1. The maximum Gasteiger partial charge on any atom is 0.340 e. The van der Waals surface area contributed by atoms with E-state index in [9.17, 15) is 24.3 Å². The highest BCUT2D eigenvalue weighted by Gasteiger charge is 2.18. The van der Waals surface area contributed by atoms with Gasteiger partial charge in [0.2, 0.25) is 11.8 Å². The lowest BCUT2D eigenvalue weighted by molar-refractivity contribution is -0.304. The number of carbonyl (C=O) groups is 3. The monoisotopic (exact) mass is 461 g/mol. The van der Waals surface area contributed by atoms with Gasteiger partial charge in [0, 0.05) is 22.4 Å². The summed E-state index contributed by atoms with van der Waals surface area (Å²) in [5, 5.41) is 16.3. The average Bonchev–Trinajstić information content (AvgIpc) is 3.21. The van der Waals surface area contributed by atoms with Crippen molar-refractivity contribution < 1.29 is 28.3 Å². The van der Waals surface area contributed by atoms with Crippen molar-refractivity contribution in [2.75, 3.05) is 13.1 Å². The number of benzene rings is 2. The Morgan fingerprint density at radius 2 is 1.62 bits per heavy atom. The molecule has 0 saturated heterocycles. The van der Waals surface area contributed by atoms with Crippen LogP contribution in [0, 0.1) is 13.8 Å². The van der Waals surface area contributed by atoms with Gasteiger partial charge in [-0.1, -0.05) is 29.8 Å². The lowest BCUT2D eigenvalue weighted by atomic mass is 9.99. The molecule has 0 fully saturated rings. The number of fused-ring (bicyclic) bond motifs is 2. The molecule has 2 N–H and O–H groups in total. The Hall–Kier alpha value is -4.40. The van der Waals surface area contributed by atoms with E-state index in [0.717, 1.165) is 22.1 Å². The van der Waals surface area contributed by atoms with Crippen LogP contribution in [-0.2, 0) is 20.8 Å². The van der Waals surface area contributed by atoms with Crippen molar-refractivity contribution in [3.05, 3.63) is 69.8 Å². The summed E-state index contributed by atoms with van der Waals surface area (Å²) in [5.41, 5.74) is 4.01. The van der Waals surface area contributed by atoms with Crippen LogP contribution in [0.5, 0.6) is 0 Å². The summed E-state index contributed by atoms with van der Waals surface area (Å²) in [6.45, 7) is 2.65. The minimum atomic E-state index is -1.44. The number of nitrogens with one attached hydrogen (secondary N) is 2. The van der Waals surface area contributed by atoms with E-state index in [1.54, 1.807) is 19.3 Å². The van der Waals surface area contributed by atoms with Crippen molar-refractivity contribution in [1.82, 2.24) is 10.6 Å². The molecule has 9 nitrogen and oxygen atoms in total. The number of hydrogen-bond donors (Lipinski definition) is 2. The van der Waals surface area contributed by atoms with Crippen molar-refractivity contribution in [3.8, 4) is 11.1 Å². The van der Waals surface area contributed by atoms with Gasteiger partial charge in [0.25, 0.3) is 0 Å². The number of carbonyl (C=O) groups excluding carboxylic acids is 3. The van der Waals surface area contributed by atoms with Gasteiger partial charge in [-0.15, -0.1) is 0 Å². The van der Waals surface area contributed by atoms with Crippen LogP contribution in [-0.4, -0.2) is 30.9 Å². The predicted molar refractivity (Wildman–Crippen MR) is 122 cm³/mol. The maximum atomic E-state index is 12.6. The highest BCUT2D eigenvalue weighted by molar-refractivity contribution is 6.02. The molecule has 9 heteroatoms. The van der Waals surface area contributed by atoms with Gasteiger partial charge < -0.3 is 29.4 Å². The van der Waals surface area contributed by atoms with Gasteiger partial charge in [0.1, 0.15) is 11.2 Å². The van der Waals surface area contributed by atoms with Crippen molar-refractivity contribution in [2.45, 2.75) is 20.3 Å². The molecule has 0 atom stereocenters. The molecule has 4 aromatic rings. The first kappa shape index (κ1) is 22.8. The van der Waals surface area contributed by atoms with E-state index in [1.165, 1.54) is 0 Å². The third-order valence-electron chi connectivity index (χ3n) is 5.56. The molecule has 4 rings (SSSR count). The fourth-order valence-corrected chi connectivity index (χ4v) is 3.71. The molecule has 2 aromatic carbocycles. The first-order valence-electron chi connectivity index (χ1n) is 10.5. The molecule has 0 unspecified atom stereocenters. The number of aryl methyl sites for hydroxylation is 2. The molecule has 0 aliphatic heterocycles. The molecule has 174 valence electrons. The molecule has 0 aliphatic rings. The van der Waals surface area contributed by atoms with Crippen LogP contribution in [0.25, 0.3) is 33.1 Å². The van der Waals surface area contributed by atoms with E-state index >= 15 is 0 Å². The quantitative estimate of drug-likeness (QED) is 0.396. The minimum absolute atomic E-state index is 0.167. The normalized spacial score (nSPS) is 11.0. The van der Waals surface area contributed by atoms with Crippen LogP contribution in [0.15, 0.2) is 56.3 Å². The first-order chi connectivity index (χ1) is 16.2. The second-order valence-electron chi connectivity index (χ2n) is 7.96. The van der Waals surface area contributed by atoms with Gasteiger partial charge in [-0.05, 0) is 31.0 Å². The van der Waals surface area contributed by atoms with E-state index in [2.05, 4.69) is 10.6 Å². The van der Waals surface area contributed by atoms with E-state index in [-0.39, 0.29) is 12.0 Å². The topological polar surface area (TPSA) is 142 Å². The van der Waals surface area contributed by atoms with Crippen LogP contribution in [0.4, 0.5) is 0 Å².